The van der Waals surface area contributed by atoms with Crippen LogP contribution in [0.15, 0.2) is 16.8 Å². The monoisotopic (exact) mass is 296 g/mol. The van der Waals surface area contributed by atoms with Gasteiger partial charge < -0.3 is 14.6 Å². The summed E-state index contributed by atoms with van der Waals surface area (Å²) in [6, 6.07) is 1.50. The SMILES string of the molecule is CCOc1ncc(C(=O)NCc2noc(C)n2)cc1Cl. The van der Waals surface area contributed by atoms with Crippen molar-refractivity contribution in [2.24, 2.45) is 0 Å². The normalized spacial score (nSPS) is 10.3. The van der Waals surface area contributed by atoms with E-state index in [-0.39, 0.29) is 17.5 Å². The van der Waals surface area contributed by atoms with E-state index in [4.69, 9.17) is 20.9 Å². The Labute approximate surface area is 120 Å². The van der Waals surface area contributed by atoms with Crippen LogP contribution in [0.4, 0.5) is 0 Å². The van der Waals surface area contributed by atoms with Gasteiger partial charge in [0.2, 0.25) is 11.8 Å². The Bertz CT molecular complexity index is 614. The number of nitrogens with one attached hydrogen (secondary N) is 1. The van der Waals surface area contributed by atoms with Crippen LogP contribution < -0.4 is 10.1 Å². The highest BCUT2D eigenvalue weighted by molar-refractivity contribution is 6.32. The van der Waals surface area contributed by atoms with E-state index < -0.39 is 0 Å². The molecule has 0 aliphatic carbocycles. The predicted molar refractivity (Wildman–Crippen MR) is 70.6 cm³/mol. The maximum Gasteiger partial charge on any atom is 0.253 e. The molecule has 2 heterocycles. The highest BCUT2D eigenvalue weighted by Crippen LogP contribution is 2.22. The molecule has 0 aromatic carbocycles. The van der Waals surface area contributed by atoms with Crippen LogP contribution in [-0.2, 0) is 6.54 Å². The molecule has 2 aromatic heterocycles. The topological polar surface area (TPSA) is 90.1 Å². The number of halogens is 1. The minimum absolute atomic E-state index is 0.168. The van der Waals surface area contributed by atoms with Gasteiger partial charge in [-0.25, -0.2) is 4.98 Å². The summed E-state index contributed by atoms with van der Waals surface area (Å²) in [4.78, 5) is 19.9. The summed E-state index contributed by atoms with van der Waals surface area (Å²) in [6.45, 7) is 4.12. The van der Waals surface area contributed by atoms with E-state index in [1.807, 2.05) is 6.92 Å². The zero-order valence-electron chi connectivity index (χ0n) is 11.0. The molecule has 0 atom stereocenters. The summed E-state index contributed by atoms with van der Waals surface area (Å²) < 4.78 is 10.00. The fourth-order valence-corrected chi connectivity index (χ4v) is 1.69. The van der Waals surface area contributed by atoms with Gasteiger partial charge in [0.1, 0.15) is 5.02 Å². The second-order valence-electron chi connectivity index (χ2n) is 3.86. The molecule has 8 heteroatoms. The van der Waals surface area contributed by atoms with Crippen LogP contribution >= 0.6 is 11.6 Å². The van der Waals surface area contributed by atoms with E-state index in [9.17, 15) is 4.79 Å². The molecular formula is C12H13ClN4O3. The molecular weight excluding hydrogens is 284 g/mol. The van der Waals surface area contributed by atoms with Crippen LogP contribution in [0.1, 0.15) is 29.0 Å². The van der Waals surface area contributed by atoms with Crippen molar-refractivity contribution in [3.63, 3.8) is 0 Å². The van der Waals surface area contributed by atoms with Crippen molar-refractivity contribution in [3.8, 4) is 5.88 Å². The zero-order chi connectivity index (χ0) is 14.5. The quantitative estimate of drug-likeness (QED) is 0.904. The van der Waals surface area contributed by atoms with Crippen molar-refractivity contribution in [2.75, 3.05) is 6.61 Å². The zero-order valence-corrected chi connectivity index (χ0v) is 11.8. The number of hydrogen-bond donors (Lipinski definition) is 1. The fourth-order valence-electron chi connectivity index (χ4n) is 1.47. The third kappa shape index (κ3) is 3.45. The van der Waals surface area contributed by atoms with Gasteiger partial charge in [-0.1, -0.05) is 16.8 Å². The van der Waals surface area contributed by atoms with Gasteiger partial charge in [0.05, 0.1) is 18.7 Å². The van der Waals surface area contributed by atoms with Crippen LogP contribution in [0.2, 0.25) is 5.02 Å². The molecule has 0 bridgehead atoms. The molecule has 106 valence electrons. The van der Waals surface area contributed by atoms with E-state index in [0.29, 0.717) is 29.8 Å². The Morgan fingerprint density at radius 3 is 2.95 bits per heavy atom. The first-order valence-electron chi connectivity index (χ1n) is 5.96. The summed E-state index contributed by atoms with van der Waals surface area (Å²) >= 11 is 5.97. The van der Waals surface area contributed by atoms with Gasteiger partial charge in [-0.3, -0.25) is 4.79 Å². The summed E-state index contributed by atoms with van der Waals surface area (Å²) in [6.07, 6.45) is 1.40. The van der Waals surface area contributed by atoms with Crippen LogP contribution in [0, 0.1) is 6.92 Å². The minimum atomic E-state index is -0.329. The Hall–Kier alpha value is -2.15. The van der Waals surface area contributed by atoms with Crippen LogP contribution in [-0.4, -0.2) is 27.6 Å². The van der Waals surface area contributed by atoms with Gasteiger partial charge in [-0.2, -0.15) is 4.98 Å². The molecule has 7 nitrogen and oxygen atoms in total. The predicted octanol–water partition coefficient (Wildman–Crippen LogP) is 1.76. The molecule has 0 aliphatic heterocycles. The second kappa shape index (κ2) is 6.33. The molecule has 20 heavy (non-hydrogen) atoms. The molecule has 0 spiro atoms. The van der Waals surface area contributed by atoms with Crippen molar-refractivity contribution in [1.29, 1.82) is 0 Å². The number of carbonyl (C=O) groups excluding carboxylic acids is 1. The van der Waals surface area contributed by atoms with Crippen molar-refractivity contribution >= 4 is 17.5 Å². The highest BCUT2D eigenvalue weighted by Gasteiger charge is 2.11. The van der Waals surface area contributed by atoms with Gasteiger partial charge in [-0.05, 0) is 13.0 Å². The molecule has 0 saturated carbocycles. The summed E-state index contributed by atoms with van der Waals surface area (Å²) in [5.41, 5.74) is 0.332. The van der Waals surface area contributed by atoms with Crippen LogP contribution in [0.5, 0.6) is 5.88 Å². The van der Waals surface area contributed by atoms with E-state index in [1.54, 1.807) is 6.92 Å². The number of ether oxygens (including phenoxy) is 1. The summed E-state index contributed by atoms with van der Waals surface area (Å²) in [5.74, 6) is 0.824. The number of hydrogen-bond acceptors (Lipinski definition) is 6. The molecule has 0 aliphatic rings. The Morgan fingerprint density at radius 1 is 1.55 bits per heavy atom. The van der Waals surface area contributed by atoms with E-state index in [1.165, 1.54) is 12.3 Å². The summed E-state index contributed by atoms with van der Waals surface area (Å²) in [5, 5.41) is 6.61. The Kier molecular flexibility index (Phi) is 4.52. The van der Waals surface area contributed by atoms with Crippen molar-refractivity contribution in [1.82, 2.24) is 20.4 Å². The van der Waals surface area contributed by atoms with E-state index in [0.717, 1.165) is 0 Å². The number of amides is 1. The van der Waals surface area contributed by atoms with Crippen LogP contribution in [0.25, 0.3) is 0 Å². The van der Waals surface area contributed by atoms with Crippen molar-refractivity contribution < 1.29 is 14.1 Å². The lowest BCUT2D eigenvalue weighted by atomic mass is 10.2. The third-order valence-electron chi connectivity index (χ3n) is 2.33. The molecule has 2 aromatic rings. The first kappa shape index (κ1) is 14.3. The smallest absolute Gasteiger partial charge is 0.253 e. The molecule has 0 radical (unpaired) electrons. The van der Waals surface area contributed by atoms with E-state index >= 15 is 0 Å². The molecule has 0 saturated heterocycles. The molecule has 0 fully saturated rings. The lowest BCUT2D eigenvalue weighted by Gasteiger charge is -2.06. The fraction of sp³-hybridized carbons (Fsp3) is 0.333. The van der Waals surface area contributed by atoms with Gasteiger partial charge in [0, 0.05) is 13.1 Å². The first-order valence-corrected chi connectivity index (χ1v) is 6.33. The van der Waals surface area contributed by atoms with Gasteiger partial charge in [0.15, 0.2) is 5.82 Å². The van der Waals surface area contributed by atoms with Gasteiger partial charge >= 0.3 is 0 Å². The lowest BCUT2D eigenvalue weighted by molar-refractivity contribution is 0.0949. The minimum Gasteiger partial charge on any atom is -0.477 e. The first-order chi connectivity index (χ1) is 9.60. The lowest BCUT2D eigenvalue weighted by Crippen LogP contribution is -2.23. The number of aromatic nitrogens is 3. The number of carbonyl (C=O) groups is 1. The number of nitrogens with zero attached hydrogens (tertiary/aromatic N) is 3. The van der Waals surface area contributed by atoms with Crippen LogP contribution in [0.3, 0.4) is 0 Å². The summed E-state index contributed by atoms with van der Waals surface area (Å²) in [7, 11) is 0. The van der Waals surface area contributed by atoms with Crippen molar-refractivity contribution in [2.45, 2.75) is 20.4 Å². The highest BCUT2D eigenvalue weighted by atomic mass is 35.5. The molecule has 0 unspecified atom stereocenters. The standard InChI is InChI=1S/C12H13ClN4O3/c1-3-19-12-9(13)4-8(5-15-12)11(18)14-6-10-16-7(2)20-17-10/h4-5H,3,6H2,1-2H3,(H,14,18). The van der Waals surface area contributed by atoms with E-state index in [2.05, 4.69) is 20.4 Å². The average Bonchev–Trinajstić information content (AvgIpc) is 2.84. The van der Waals surface area contributed by atoms with Gasteiger partial charge in [0.25, 0.3) is 5.91 Å². The Balaban J connectivity index is 2.00. The maximum atomic E-state index is 11.9. The largest absolute Gasteiger partial charge is 0.477 e. The number of pyridine rings is 1. The van der Waals surface area contributed by atoms with Gasteiger partial charge in [-0.15, -0.1) is 0 Å². The van der Waals surface area contributed by atoms with Crippen molar-refractivity contribution in [3.05, 3.63) is 34.6 Å². The Morgan fingerprint density at radius 2 is 2.35 bits per heavy atom. The average molecular weight is 297 g/mol. The molecule has 1 N–H and O–H groups in total. The maximum absolute atomic E-state index is 11.9. The second-order valence-corrected chi connectivity index (χ2v) is 4.26. The number of rotatable bonds is 5. The molecule has 1 amide bonds. The number of aryl methyl sites for hydroxylation is 1. The third-order valence-corrected chi connectivity index (χ3v) is 2.60. The molecule has 2 rings (SSSR count).